The number of aromatic carboxylic acids is 1. The van der Waals surface area contributed by atoms with Crippen LogP contribution in [-0.4, -0.2) is 25.4 Å². The molecule has 0 aliphatic heterocycles. The molecule has 0 radical (unpaired) electrons. The first-order valence-electron chi connectivity index (χ1n) is 5.13. The van der Waals surface area contributed by atoms with Crippen LogP contribution in [0.4, 0.5) is 0 Å². The van der Waals surface area contributed by atoms with E-state index in [1.54, 1.807) is 16.9 Å². The summed E-state index contributed by atoms with van der Waals surface area (Å²) in [5, 5.41) is 8.86. The molecular formula is C11H13N3O2. The summed E-state index contributed by atoms with van der Waals surface area (Å²) in [5.41, 5.74) is 1.71. The Bertz CT molecular complexity index is 531. The third-order valence-electron chi connectivity index (χ3n) is 2.29. The van der Waals surface area contributed by atoms with E-state index in [9.17, 15) is 4.79 Å². The molecule has 0 bridgehead atoms. The molecule has 0 fully saturated rings. The van der Waals surface area contributed by atoms with Gasteiger partial charge in [0.2, 0.25) is 0 Å². The summed E-state index contributed by atoms with van der Waals surface area (Å²) in [6, 6.07) is 0. The third kappa shape index (κ3) is 1.88. The number of hydrogen-bond acceptors (Lipinski definition) is 3. The van der Waals surface area contributed by atoms with E-state index < -0.39 is 5.97 Å². The summed E-state index contributed by atoms with van der Waals surface area (Å²) in [6.07, 6.45) is 5.63. The maximum Gasteiger partial charge on any atom is 0.356 e. The van der Waals surface area contributed by atoms with Crippen molar-refractivity contribution in [2.45, 2.75) is 20.3 Å². The van der Waals surface area contributed by atoms with Gasteiger partial charge in [0.15, 0.2) is 5.69 Å². The van der Waals surface area contributed by atoms with Gasteiger partial charge < -0.3 is 5.11 Å². The molecule has 2 aromatic rings. The van der Waals surface area contributed by atoms with Crippen LogP contribution < -0.4 is 0 Å². The zero-order chi connectivity index (χ0) is 11.7. The highest BCUT2D eigenvalue weighted by Crippen LogP contribution is 2.14. The molecule has 84 valence electrons. The Balaban J connectivity index is 2.54. The van der Waals surface area contributed by atoms with Crippen molar-refractivity contribution in [2.24, 2.45) is 5.92 Å². The van der Waals surface area contributed by atoms with Crippen molar-refractivity contribution < 1.29 is 9.90 Å². The van der Waals surface area contributed by atoms with Crippen LogP contribution in [-0.2, 0) is 6.42 Å². The van der Waals surface area contributed by atoms with Crippen molar-refractivity contribution in [3.8, 4) is 0 Å². The van der Waals surface area contributed by atoms with Crippen molar-refractivity contribution in [3.05, 3.63) is 30.0 Å². The van der Waals surface area contributed by atoms with Crippen LogP contribution in [0.25, 0.3) is 5.65 Å². The Morgan fingerprint density at radius 1 is 1.56 bits per heavy atom. The summed E-state index contributed by atoms with van der Waals surface area (Å²) < 4.78 is 1.65. The number of carboxylic acid groups (broad SMARTS) is 1. The first kappa shape index (κ1) is 10.6. The lowest BCUT2D eigenvalue weighted by Crippen LogP contribution is -1.99. The van der Waals surface area contributed by atoms with Gasteiger partial charge in [-0.2, -0.15) is 0 Å². The first-order chi connectivity index (χ1) is 7.58. The fraction of sp³-hybridized carbons (Fsp3) is 0.364. The van der Waals surface area contributed by atoms with Crippen LogP contribution in [0.5, 0.6) is 0 Å². The monoisotopic (exact) mass is 219 g/mol. The SMILES string of the molecule is CC(C)Cc1cncn2cc(C(=O)O)nc12. The minimum absolute atomic E-state index is 0.0537. The van der Waals surface area contributed by atoms with Gasteiger partial charge >= 0.3 is 5.97 Å². The summed E-state index contributed by atoms with van der Waals surface area (Å²) in [6.45, 7) is 4.20. The molecule has 5 nitrogen and oxygen atoms in total. The Morgan fingerprint density at radius 2 is 2.31 bits per heavy atom. The topological polar surface area (TPSA) is 67.5 Å². The van der Waals surface area contributed by atoms with E-state index in [0.717, 1.165) is 12.0 Å². The summed E-state index contributed by atoms with van der Waals surface area (Å²) in [4.78, 5) is 19.0. The van der Waals surface area contributed by atoms with Gasteiger partial charge in [0.05, 0.1) is 0 Å². The molecule has 5 heteroatoms. The average molecular weight is 219 g/mol. The highest BCUT2D eigenvalue weighted by Gasteiger charge is 2.12. The van der Waals surface area contributed by atoms with E-state index in [1.807, 2.05) is 0 Å². The van der Waals surface area contributed by atoms with E-state index in [4.69, 9.17) is 5.11 Å². The molecule has 0 saturated heterocycles. The molecule has 0 amide bonds. The van der Waals surface area contributed by atoms with Gasteiger partial charge in [-0.25, -0.2) is 14.8 Å². The Labute approximate surface area is 92.8 Å². The van der Waals surface area contributed by atoms with E-state index in [2.05, 4.69) is 23.8 Å². The van der Waals surface area contributed by atoms with Gasteiger partial charge in [0.25, 0.3) is 0 Å². The molecule has 16 heavy (non-hydrogen) atoms. The molecule has 0 aliphatic rings. The number of nitrogens with zero attached hydrogens (tertiary/aromatic N) is 3. The van der Waals surface area contributed by atoms with Gasteiger partial charge in [-0.1, -0.05) is 13.8 Å². The smallest absolute Gasteiger partial charge is 0.356 e. The van der Waals surface area contributed by atoms with E-state index >= 15 is 0 Å². The molecule has 2 aromatic heterocycles. The van der Waals surface area contributed by atoms with Crippen molar-refractivity contribution in [1.29, 1.82) is 0 Å². The average Bonchev–Trinajstić information content (AvgIpc) is 2.61. The number of rotatable bonds is 3. The van der Waals surface area contributed by atoms with Crippen molar-refractivity contribution in [3.63, 3.8) is 0 Å². The van der Waals surface area contributed by atoms with Crippen LogP contribution in [0.1, 0.15) is 29.9 Å². The van der Waals surface area contributed by atoms with Gasteiger partial charge in [-0.05, 0) is 12.3 Å². The van der Waals surface area contributed by atoms with Crippen LogP contribution in [0.3, 0.4) is 0 Å². The molecule has 0 aliphatic carbocycles. The number of imidazole rings is 1. The predicted octanol–water partition coefficient (Wildman–Crippen LogP) is 1.63. The minimum Gasteiger partial charge on any atom is -0.476 e. The maximum atomic E-state index is 10.8. The Kier molecular flexibility index (Phi) is 2.60. The summed E-state index contributed by atoms with van der Waals surface area (Å²) >= 11 is 0. The van der Waals surface area contributed by atoms with Gasteiger partial charge in [-0.3, -0.25) is 4.40 Å². The lowest BCUT2D eigenvalue weighted by Gasteiger charge is -2.04. The van der Waals surface area contributed by atoms with E-state index in [-0.39, 0.29) is 5.69 Å². The molecule has 0 atom stereocenters. The second-order valence-electron chi connectivity index (χ2n) is 4.18. The Morgan fingerprint density at radius 3 is 2.94 bits per heavy atom. The third-order valence-corrected chi connectivity index (χ3v) is 2.29. The number of carbonyl (C=O) groups is 1. The second-order valence-corrected chi connectivity index (χ2v) is 4.18. The standard InChI is InChI=1S/C11H13N3O2/c1-7(2)3-8-4-12-6-14-5-9(11(15)16)13-10(8)14/h4-7H,3H2,1-2H3,(H,15,16). The van der Waals surface area contributed by atoms with Crippen molar-refractivity contribution >= 4 is 11.6 Å². The number of hydrogen-bond donors (Lipinski definition) is 1. The molecule has 2 rings (SSSR count). The molecule has 1 N–H and O–H groups in total. The molecule has 0 spiro atoms. The fourth-order valence-corrected chi connectivity index (χ4v) is 1.66. The maximum absolute atomic E-state index is 10.8. The second kappa shape index (κ2) is 3.92. The minimum atomic E-state index is -1.01. The molecule has 0 unspecified atom stereocenters. The van der Waals surface area contributed by atoms with Crippen LogP contribution in [0, 0.1) is 5.92 Å². The zero-order valence-corrected chi connectivity index (χ0v) is 9.21. The highest BCUT2D eigenvalue weighted by atomic mass is 16.4. The number of fused-ring (bicyclic) bond motifs is 1. The zero-order valence-electron chi connectivity index (χ0n) is 9.21. The van der Waals surface area contributed by atoms with Crippen LogP contribution in [0.15, 0.2) is 18.7 Å². The van der Waals surface area contributed by atoms with E-state index in [0.29, 0.717) is 11.6 Å². The molecule has 2 heterocycles. The van der Waals surface area contributed by atoms with Gasteiger partial charge in [0.1, 0.15) is 12.0 Å². The van der Waals surface area contributed by atoms with Crippen LogP contribution in [0.2, 0.25) is 0 Å². The van der Waals surface area contributed by atoms with Crippen LogP contribution >= 0.6 is 0 Å². The van der Waals surface area contributed by atoms with Gasteiger partial charge in [0, 0.05) is 18.0 Å². The normalized spacial score (nSPS) is 11.2. The fourth-order valence-electron chi connectivity index (χ4n) is 1.66. The number of carboxylic acids is 1. The van der Waals surface area contributed by atoms with Crippen molar-refractivity contribution in [2.75, 3.05) is 0 Å². The summed E-state index contributed by atoms with van der Waals surface area (Å²) in [5.74, 6) is -0.530. The Hall–Kier alpha value is -1.91. The molecular weight excluding hydrogens is 206 g/mol. The quantitative estimate of drug-likeness (QED) is 0.851. The lowest BCUT2D eigenvalue weighted by molar-refractivity contribution is 0.0691. The van der Waals surface area contributed by atoms with Gasteiger partial charge in [-0.15, -0.1) is 0 Å². The van der Waals surface area contributed by atoms with Crippen molar-refractivity contribution in [1.82, 2.24) is 14.4 Å². The predicted molar refractivity (Wildman–Crippen MR) is 58.5 cm³/mol. The lowest BCUT2D eigenvalue weighted by atomic mass is 10.1. The largest absolute Gasteiger partial charge is 0.476 e. The highest BCUT2D eigenvalue weighted by molar-refractivity contribution is 5.86. The number of aromatic nitrogens is 3. The molecule has 0 aromatic carbocycles. The summed E-state index contributed by atoms with van der Waals surface area (Å²) in [7, 11) is 0. The molecule has 0 saturated carbocycles. The first-order valence-corrected chi connectivity index (χ1v) is 5.13. The van der Waals surface area contributed by atoms with E-state index in [1.165, 1.54) is 6.20 Å².